The van der Waals surface area contributed by atoms with Crippen LogP contribution in [0.4, 0.5) is 5.82 Å². The topological polar surface area (TPSA) is 50.7 Å². The first-order valence-corrected chi connectivity index (χ1v) is 5.64. The van der Waals surface area contributed by atoms with E-state index in [0.717, 1.165) is 22.9 Å². The molecule has 2 aromatic rings. The highest BCUT2D eigenvalue weighted by atomic mass is 15.0. The lowest BCUT2D eigenvalue weighted by atomic mass is 10.2. The van der Waals surface area contributed by atoms with Crippen LogP contribution in [0.2, 0.25) is 0 Å². The van der Waals surface area contributed by atoms with E-state index in [1.54, 1.807) is 12.4 Å². The Hall–Kier alpha value is -1.97. The summed E-state index contributed by atoms with van der Waals surface area (Å²) in [4.78, 5) is 13.0. The van der Waals surface area contributed by atoms with Crippen LogP contribution in [0.5, 0.6) is 0 Å². The molecular formula is C13H16N4. The molecule has 0 radical (unpaired) electrons. The number of pyridine rings is 1. The van der Waals surface area contributed by atoms with E-state index in [0.29, 0.717) is 0 Å². The molecule has 1 N–H and O–H groups in total. The smallest absolute Gasteiger partial charge is 0.148 e. The van der Waals surface area contributed by atoms with Crippen LogP contribution in [-0.2, 0) is 0 Å². The lowest BCUT2D eigenvalue weighted by Crippen LogP contribution is -2.11. The van der Waals surface area contributed by atoms with Crippen LogP contribution in [0, 0.1) is 13.8 Å². The Kier molecular flexibility index (Phi) is 3.32. The Labute approximate surface area is 101 Å². The molecule has 2 aromatic heterocycles. The second-order valence-corrected chi connectivity index (χ2v) is 4.07. The van der Waals surface area contributed by atoms with Crippen molar-refractivity contribution in [2.75, 3.05) is 5.32 Å². The van der Waals surface area contributed by atoms with E-state index in [2.05, 4.69) is 27.2 Å². The molecule has 0 aliphatic rings. The fourth-order valence-electron chi connectivity index (χ4n) is 1.59. The van der Waals surface area contributed by atoms with Gasteiger partial charge in [0.05, 0.1) is 23.1 Å². The van der Waals surface area contributed by atoms with Gasteiger partial charge in [-0.3, -0.25) is 9.97 Å². The number of anilines is 1. The molecule has 88 valence electrons. The molecule has 0 spiro atoms. The van der Waals surface area contributed by atoms with Crippen LogP contribution in [-0.4, -0.2) is 15.0 Å². The minimum Gasteiger partial charge on any atom is -0.360 e. The van der Waals surface area contributed by atoms with Crippen molar-refractivity contribution >= 4 is 5.82 Å². The van der Waals surface area contributed by atoms with Gasteiger partial charge in [0.1, 0.15) is 5.82 Å². The molecule has 0 saturated heterocycles. The third kappa shape index (κ3) is 2.78. The molecule has 0 fully saturated rings. The number of aryl methyl sites for hydroxylation is 2. The third-order valence-corrected chi connectivity index (χ3v) is 2.56. The second-order valence-electron chi connectivity index (χ2n) is 4.07. The van der Waals surface area contributed by atoms with Gasteiger partial charge in [0.15, 0.2) is 0 Å². The summed E-state index contributed by atoms with van der Waals surface area (Å²) in [6, 6.07) is 6.01. The van der Waals surface area contributed by atoms with Crippen LogP contribution in [0.15, 0.2) is 30.6 Å². The van der Waals surface area contributed by atoms with Gasteiger partial charge in [-0.2, -0.15) is 0 Å². The number of hydrogen-bond donors (Lipinski definition) is 1. The Morgan fingerprint density at radius 1 is 1.18 bits per heavy atom. The lowest BCUT2D eigenvalue weighted by molar-refractivity contribution is 0.824. The number of nitrogens with zero attached hydrogens (tertiary/aromatic N) is 3. The van der Waals surface area contributed by atoms with Gasteiger partial charge in [0.25, 0.3) is 0 Å². The molecule has 0 bridgehead atoms. The average molecular weight is 228 g/mol. The molecule has 1 atom stereocenters. The molecule has 0 aliphatic heterocycles. The van der Waals surface area contributed by atoms with Crippen molar-refractivity contribution in [3.8, 4) is 0 Å². The SMILES string of the molecule is Cc1cnc(C)c(NC(C)c2ccccn2)n1. The molecule has 0 amide bonds. The van der Waals surface area contributed by atoms with Crippen LogP contribution in [0.1, 0.15) is 30.0 Å². The highest BCUT2D eigenvalue weighted by Gasteiger charge is 2.09. The van der Waals surface area contributed by atoms with Gasteiger partial charge in [0.2, 0.25) is 0 Å². The minimum atomic E-state index is 0.117. The molecular weight excluding hydrogens is 212 g/mol. The third-order valence-electron chi connectivity index (χ3n) is 2.56. The van der Waals surface area contributed by atoms with E-state index in [4.69, 9.17) is 0 Å². The highest BCUT2D eigenvalue weighted by Crippen LogP contribution is 2.17. The number of nitrogens with one attached hydrogen (secondary N) is 1. The molecule has 0 saturated carbocycles. The largest absolute Gasteiger partial charge is 0.360 e. The van der Waals surface area contributed by atoms with E-state index in [1.807, 2.05) is 32.0 Å². The molecule has 1 unspecified atom stereocenters. The zero-order valence-corrected chi connectivity index (χ0v) is 10.3. The van der Waals surface area contributed by atoms with E-state index in [9.17, 15) is 0 Å². The summed E-state index contributed by atoms with van der Waals surface area (Å²) in [5.41, 5.74) is 2.81. The van der Waals surface area contributed by atoms with Gasteiger partial charge in [-0.25, -0.2) is 4.98 Å². The first kappa shape index (κ1) is 11.5. The van der Waals surface area contributed by atoms with E-state index < -0.39 is 0 Å². The summed E-state index contributed by atoms with van der Waals surface area (Å²) < 4.78 is 0. The molecule has 0 aliphatic carbocycles. The van der Waals surface area contributed by atoms with Gasteiger partial charge >= 0.3 is 0 Å². The van der Waals surface area contributed by atoms with Gasteiger partial charge in [-0.05, 0) is 32.9 Å². The van der Waals surface area contributed by atoms with Crippen molar-refractivity contribution in [2.24, 2.45) is 0 Å². The minimum absolute atomic E-state index is 0.117. The van der Waals surface area contributed by atoms with Crippen molar-refractivity contribution in [3.63, 3.8) is 0 Å². The van der Waals surface area contributed by atoms with Crippen molar-refractivity contribution in [2.45, 2.75) is 26.8 Å². The van der Waals surface area contributed by atoms with Crippen LogP contribution in [0.3, 0.4) is 0 Å². The fraction of sp³-hybridized carbons (Fsp3) is 0.308. The summed E-state index contributed by atoms with van der Waals surface area (Å²) in [6.45, 7) is 5.94. The zero-order valence-electron chi connectivity index (χ0n) is 10.3. The zero-order chi connectivity index (χ0) is 12.3. The number of hydrogen-bond acceptors (Lipinski definition) is 4. The summed E-state index contributed by atoms with van der Waals surface area (Å²) >= 11 is 0. The molecule has 2 rings (SSSR count). The van der Waals surface area contributed by atoms with Crippen molar-refractivity contribution in [1.82, 2.24) is 15.0 Å². The second kappa shape index (κ2) is 4.91. The number of aromatic nitrogens is 3. The maximum Gasteiger partial charge on any atom is 0.148 e. The predicted molar refractivity (Wildman–Crippen MR) is 67.8 cm³/mol. The van der Waals surface area contributed by atoms with Crippen molar-refractivity contribution < 1.29 is 0 Å². The van der Waals surface area contributed by atoms with Gasteiger partial charge < -0.3 is 5.32 Å². The van der Waals surface area contributed by atoms with Gasteiger partial charge in [-0.1, -0.05) is 6.07 Å². The molecule has 2 heterocycles. The summed E-state index contributed by atoms with van der Waals surface area (Å²) in [6.07, 6.45) is 3.56. The normalized spacial score (nSPS) is 12.2. The van der Waals surface area contributed by atoms with E-state index in [1.165, 1.54) is 0 Å². The first-order valence-electron chi connectivity index (χ1n) is 5.64. The van der Waals surface area contributed by atoms with Crippen molar-refractivity contribution in [1.29, 1.82) is 0 Å². The summed E-state index contributed by atoms with van der Waals surface area (Å²) in [7, 11) is 0. The molecule has 4 heteroatoms. The monoisotopic (exact) mass is 228 g/mol. The van der Waals surface area contributed by atoms with Crippen molar-refractivity contribution in [3.05, 3.63) is 47.7 Å². The standard InChI is InChI=1S/C13H16N4/c1-9-8-15-11(3)13(16-9)17-10(2)12-6-4-5-7-14-12/h4-8,10H,1-3H3,(H,16,17). The average Bonchev–Trinajstić information content (AvgIpc) is 2.35. The summed E-state index contributed by atoms with van der Waals surface area (Å²) in [5.74, 6) is 0.822. The van der Waals surface area contributed by atoms with Gasteiger partial charge in [-0.15, -0.1) is 0 Å². The van der Waals surface area contributed by atoms with E-state index >= 15 is 0 Å². The Bertz CT molecular complexity index is 496. The molecule has 17 heavy (non-hydrogen) atoms. The maximum atomic E-state index is 4.44. The van der Waals surface area contributed by atoms with Gasteiger partial charge in [0, 0.05) is 12.4 Å². The van der Waals surface area contributed by atoms with Crippen LogP contribution < -0.4 is 5.32 Å². The fourth-order valence-corrected chi connectivity index (χ4v) is 1.59. The highest BCUT2D eigenvalue weighted by molar-refractivity contribution is 5.41. The quantitative estimate of drug-likeness (QED) is 0.877. The Balaban J connectivity index is 2.18. The summed E-state index contributed by atoms with van der Waals surface area (Å²) in [5, 5.41) is 3.33. The number of rotatable bonds is 3. The molecule has 4 nitrogen and oxygen atoms in total. The lowest BCUT2D eigenvalue weighted by Gasteiger charge is -2.15. The Morgan fingerprint density at radius 2 is 2.00 bits per heavy atom. The Morgan fingerprint density at radius 3 is 2.71 bits per heavy atom. The molecule has 0 aromatic carbocycles. The first-order chi connectivity index (χ1) is 8.16. The maximum absolute atomic E-state index is 4.44. The van der Waals surface area contributed by atoms with E-state index in [-0.39, 0.29) is 6.04 Å². The van der Waals surface area contributed by atoms with Crippen LogP contribution in [0.25, 0.3) is 0 Å². The predicted octanol–water partition coefficient (Wildman–Crippen LogP) is 2.66. The van der Waals surface area contributed by atoms with Crippen LogP contribution >= 0.6 is 0 Å².